The largest absolute Gasteiger partial charge is 0.507 e. The van der Waals surface area contributed by atoms with Gasteiger partial charge in [0.2, 0.25) is 11.8 Å². The number of likely N-dealkylation sites (tertiary alicyclic amines) is 1. The number of aromatic hydroxyl groups is 1. The fraction of sp³-hybridized carbons (Fsp3) is 0.353. The van der Waals surface area contributed by atoms with Crippen LogP contribution in [0.4, 0.5) is 4.79 Å². The first kappa shape index (κ1) is 29.8. The molecule has 3 aromatic rings. The summed E-state index contributed by atoms with van der Waals surface area (Å²) in [5, 5.41) is 23.0. The molecular formula is C34H35BN2O7. The maximum atomic E-state index is 13.5. The highest BCUT2D eigenvalue weighted by Gasteiger charge is 2.59. The Kier molecular flexibility index (Phi) is 8.38. The van der Waals surface area contributed by atoms with E-state index in [0.717, 1.165) is 58.7 Å². The molecule has 10 heteroatoms. The summed E-state index contributed by atoms with van der Waals surface area (Å²) in [6.45, 7) is 2.06. The smallest absolute Gasteiger partial charge is 0.455 e. The topological polar surface area (TPSA) is 126 Å². The van der Waals surface area contributed by atoms with Crippen molar-refractivity contribution < 1.29 is 33.9 Å². The maximum Gasteiger partial charge on any atom is 0.455 e. The summed E-state index contributed by atoms with van der Waals surface area (Å²) < 4.78 is 10.9. The van der Waals surface area contributed by atoms with E-state index in [1.54, 1.807) is 12.3 Å². The normalized spacial score (nSPS) is 23.7. The third-order valence-corrected chi connectivity index (χ3v) is 9.15. The Morgan fingerprint density at radius 2 is 1.86 bits per heavy atom. The third kappa shape index (κ3) is 5.33. The van der Waals surface area contributed by atoms with Gasteiger partial charge in [-0.05, 0) is 84.3 Å². The number of rotatable bonds is 7. The van der Waals surface area contributed by atoms with E-state index in [1.165, 1.54) is 0 Å². The van der Waals surface area contributed by atoms with Gasteiger partial charge < -0.3 is 19.5 Å². The van der Waals surface area contributed by atoms with E-state index < -0.39 is 48.9 Å². The highest BCUT2D eigenvalue weighted by molar-refractivity contribution is 6.43. The third-order valence-electron chi connectivity index (χ3n) is 9.15. The summed E-state index contributed by atoms with van der Waals surface area (Å²) in [7, 11) is 0.0349. The number of hydrogen-bond donors (Lipinski definition) is 2. The number of hydrogen-bond acceptors (Lipinski definition) is 8. The quantitative estimate of drug-likeness (QED) is 0.205. The molecule has 0 spiro atoms. The van der Waals surface area contributed by atoms with Crippen LogP contribution in [0.3, 0.4) is 0 Å². The lowest BCUT2D eigenvalue weighted by molar-refractivity contribution is -0.137. The summed E-state index contributed by atoms with van der Waals surface area (Å²) in [6.07, 6.45) is 5.55. The van der Waals surface area contributed by atoms with Crippen molar-refractivity contribution in [1.82, 2.24) is 9.88 Å². The number of carbonyl (C=O) groups is 3. The Balaban J connectivity index is 1.36. The number of imide groups is 3. The number of phenolic OH excluding ortho intramolecular Hbond substituents is 1. The van der Waals surface area contributed by atoms with Crippen LogP contribution in [0.1, 0.15) is 50.3 Å². The average molecular weight is 594 g/mol. The predicted molar refractivity (Wildman–Crippen MR) is 166 cm³/mol. The number of aromatic nitrogens is 1. The molecule has 9 nitrogen and oxygen atoms in total. The van der Waals surface area contributed by atoms with E-state index in [-0.39, 0.29) is 12.1 Å². The highest BCUT2D eigenvalue weighted by Crippen LogP contribution is 2.51. The molecule has 0 saturated carbocycles. The van der Waals surface area contributed by atoms with Gasteiger partial charge in [-0.3, -0.25) is 14.6 Å². The molecule has 1 aromatic heterocycles. The number of ether oxygens (including phenoxy) is 1. The molecule has 3 aliphatic rings. The van der Waals surface area contributed by atoms with Crippen molar-refractivity contribution in [3.63, 3.8) is 0 Å². The first-order valence-corrected chi connectivity index (χ1v) is 15.2. The molecule has 2 aromatic carbocycles. The lowest BCUT2D eigenvalue weighted by Crippen LogP contribution is -2.46. The number of pyridine rings is 1. The molecule has 0 bridgehead atoms. The molecule has 3 amide bonds. The second-order valence-corrected chi connectivity index (χ2v) is 11.7. The van der Waals surface area contributed by atoms with Gasteiger partial charge >= 0.3 is 13.2 Å². The Labute approximate surface area is 256 Å². The van der Waals surface area contributed by atoms with E-state index in [0.29, 0.717) is 24.2 Å². The zero-order valence-corrected chi connectivity index (χ0v) is 24.8. The molecule has 3 heterocycles. The van der Waals surface area contributed by atoms with Crippen molar-refractivity contribution in [1.29, 1.82) is 0 Å². The lowest BCUT2D eigenvalue weighted by atomic mass is 9.58. The maximum absolute atomic E-state index is 13.5. The van der Waals surface area contributed by atoms with E-state index in [9.17, 15) is 24.5 Å². The Hall–Kier alpha value is -4.28. The first-order valence-electron chi connectivity index (χ1n) is 15.2. The van der Waals surface area contributed by atoms with Gasteiger partial charge in [-0.2, -0.15) is 4.90 Å². The molecule has 226 valence electrons. The number of allylic oxidation sites excluding steroid dienone is 2. The predicted octanol–water partition coefficient (Wildman–Crippen LogP) is 5.62. The number of carbonyl (C=O) groups excluding carboxylic acids is 3. The van der Waals surface area contributed by atoms with Gasteiger partial charge in [-0.25, -0.2) is 4.79 Å². The van der Waals surface area contributed by atoms with E-state index >= 15 is 0 Å². The number of fused-ring (bicyclic) bond motifs is 4. The molecule has 0 unspecified atom stereocenters. The molecule has 2 aliphatic heterocycles. The van der Waals surface area contributed by atoms with Crippen LogP contribution in [-0.4, -0.2) is 58.3 Å². The highest BCUT2D eigenvalue weighted by atomic mass is 16.5. The molecular weight excluding hydrogens is 559 g/mol. The van der Waals surface area contributed by atoms with Crippen LogP contribution < -0.4 is 0 Å². The van der Waals surface area contributed by atoms with Crippen molar-refractivity contribution in [2.24, 2.45) is 17.8 Å². The van der Waals surface area contributed by atoms with Gasteiger partial charge in [-0.15, -0.1) is 0 Å². The van der Waals surface area contributed by atoms with Gasteiger partial charge in [0.1, 0.15) is 5.75 Å². The van der Waals surface area contributed by atoms with Crippen molar-refractivity contribution in [2.75, 3.05) is 7.11 Å². The number of nitrogens with zero attached hydrogens (tertiary/aromatic N) is 2. The summed E-state index contributed by atoms with van der Waals surface area (Å²) >= 11 is 0. The standard InChI is InChI=1S/C34H35BN2O7/c1-3-8-22-18-25-31(33(40)37(32(25)39)34(41)43-2)26-19-35(42)44-29(30(22)26)15-13-21(27-11-6-7-16-36-27)17-20-12-14-28(38)24-10-5-4-9-23(20)24/h4-7,9-12,14,16-17,25-26,29,31,38,42H,3,8,13,15,18-19H2,1-2H3/b21-17-/t25-,26+,29-,31-/m1/s1. The molecule has 44 heavy (non-hydrogen) atoms. The Morgan fingerprint density at radius 3 is 2.59 bits per heavy atom. The molecule has 1 aliphatic carbocycles. The average Bonchev–Trinajstić information content (AvgIpc) is 3.29. The van der Waals surface area contributed by atoms with E-state index in [4.69, 9.17) is 9.39 Å². The fourth-order valence-corrected chi connectivity index (χ4v) is 7.31. The lowest BCUT2D eigenvalue weighted by Gasteiger charge is -2.43. The Morgan fingerprint density at radius 1 is 1.09 bits per heavy atom. The second kappa shape index (κ2) is 12.4. The molecule has 0 radical (unpaired) electrons. The minimum Gasteiger partial charge on any atom is -0.507 e. The van der Waals surface area contributed by atoms with Crippen LogP contribution in [0.2, 0.25) is 6.32 Å². The van der Waals surface area contributed by atoms with Crippen molar-refractivity contribution in [2.45, 2.75) is 51.5 Å². The van der Waals surface area contributed by atoms with E-state index in [2.05, 4.69) is 18.0 Å². The fourth-order valence-electron chi connectivity index (χ4n) is 7.31. The van der Waals surface area contributed by atoms with Crippen molar-refractivity contribution >= 4 is 47.4 Å². The van der Waals surface area contributed by atoms with Gasteiger partial charge in [0.05, 0.1) is 30.7 Å². The second-order valence-electron chi connectivity index (χ2n) is 11.7. The van der Waals surface area contributed by atoms with Crippen LogP contribution in [0.15, 0.2) is 71.9 Å². The summed E-state index contributed by atoms with van der Waals surface area (Å²) in [4.78, 5) is 44.4. The monoisotopic (exact) mass is 594 g/mol. The van der Waals surface area contributed by atoms with Crippen LogP contribution in [0, 0.1) is 17.8 Å². The minimum absolute atomic E-state index is 0.177. The van der Waals surface area contributed by atoms with E-state index in [1.807, 2.05) is 48.5 Å². The molecule has 2 fully saturated rings. The molecule has 2 saturated heterocycles. The first-order chi connectivity index (χ1) is 21.3. The van der Waals surface area contributed by atoms with Gasteiger partial charge in [-0.1, -0.05) is 55.3 Å². The number of benzene rings is 2. The minimum atomic E-state index is -1.12. The van der Waals surface area contributed by atoms with Gasteiger partial charge in [0, 0.05) is 11.6 Å². The SMILES string of the molecule is CCCC1=C2[C@@H](CC/C(=C/c3ccc(O)c4ccccc34)c3ccccn3)OB(O)C[C@@H]2[C@@H]2C(=O)N(C(=O)OC)C(=O)[C@@H]2C1. The van der Waals surface area contributed by atoms with Crippen molar-refractivity contribution in [3.05, 3.63) is 83.2 Å². The van der Waals surface area contributed by atoms with Gasteiger partial charge in [0.15, 0.2) is 0 Å². The molecule has 4 atom stereocenters. The summed E-state index contributed by atoms with van der Waals surface area (Å²) in [5.74, 6) is -2.70. The van der Waals surface area contributed by atoms with Gasteiger partial charge in [0.25, 0.3) is 0 Å². The number of amides is 3. The van der Waals surface area contributed by atoms with Crippen LogP contribution in [-0.2, 0) is 19.0 Å². The summed E-state index contributed by atoms with van der Waals surface area (Å²) in [6, 6.07) is 17.0. The van der Waals surface area contributed by atoms with Crippen LogP contribution >= 0.6 is 0 Å². The summed E-state index contributed by atoms with van der Waals surface area (Å²) in [5.41, 5.74) is 4.73. The molecule has 6 rings (SSSR count). The Bertz CT molecular complexity index is 1670. The number of methoxy groups -OCH3 is 1. The van der Waals surface area contributed by atoms with Crippen LogP contribution in [0.5, 0.6) is 5.75 Å². The van der Waals surface area contributed by atoms with Crippen LogP contribution in [0.25, 0.3) is 22.4 Å². The zero-order valence-electron chi connectivity index (χ0n) is 24.8. The molecule has 2 N–H and O–H groups in total. The number of phenols is 1. The zero-order chi connectivity index (χ0) is 31.0. The van der Waals surface area contributed by atoms with Crippen molar-refractivity contribution in [3.8, 4) is 5.75 Å².